The number of halogens is 1. The number of piperazine rings is 1. The first kappa shape index (κ1) is 26.5. The molecule has 1 N–H and O–H groups in total. The number of carbonyl (C=O) groups is 3. The van der Waals surface area contributed by atoms with Gasteiger partial charge in [-0.25, -0.2) is 9.18 Å². The molecule has 0 radical (unpaired) electrons. The summed E-state index contributed by atoms with van der Waals surface area (Å²) in [6.45, 7) is 10.3. The van der Waals surface area contributed by atoms with Crippen molar-refractivity contribution in [2.24, 2.45) is 0 Å². The van der Waals surface area contributed by atoms with E-state index >= 15 is 0 Å². The molecule has 1 aromatic rings. The normalized spacial score (nSPS) is 24.9. The van der Waals surface area contributed by atoms with Crippen LogP contribution in [-0.4, -0.2) is 88.3 Å². The van der Waals surface area contributed by atoms with Gasteiger partial charge >= 0.3 is 6.09 Å². The van der Waals surface area contributed by atoms with Crippen LogP contribution in [0, 0.1) is 5.82 Å². The van der Waals surface area contributed by atoms with Crippen molar-refractivity contribution >= 4 is 29.5 Å². The third kappa shape index (κ3) is 6.21. The van der Waals surface area contributed by atoms with Crippen LogP contribution >= 0.6 is 11.8 Å². The van der Waals surface area contributed by atoms with Crippen LogP contribution in [-0.2, 0) is 9.53 Å². The minimum atomic E-state index is -0.542. The van der Waals surface area contributed by atoms with Crippen molar-refractivity contribution in [3.8, 4) is 0 Å². The summed E-state index contributed by atoms with van der Waals surface area (Å²) in [7, 11) is 0. The minimum absolute atomic E-state index is 0.0160. The number of ketones is 1. The third-order valence-corrected chi connectivity index (χ3v) is 7.75. The zero-order chi connectivity index (χ0) is 26.0. The number of nitrogens with one attached hydrogen (secondary N) is 1. The summed E-state index contributed by atoms with van der Waals surface area (Å²) < 4.78 is 18.7. The van der Waals surface area contributed by atoms with Crippen LogP contribution in [0.2, 0.25) is 0 Å². The number of thioether (sulfide) groups is 1. The predicted molar refractivity (Wildman–Crippen MR) is 137 cm³/mol. The van der Waals surface area contributed by atoms with E-state index in [0.29, 0.717) is 44.0 Å². The summed E-state index contributed by atoms with van der Waals surface area (Å²) in [4.78, 5) is 44.3. The van der Waals surface area contributed by atoms with E-state index in [1.807, 2.05) is 32.6 Å². The Labute approximate surface area is 216 Å². The van der Waals surface area contributed by atoms with E-state index in [1.54, 1.807) is 10.3 Å². The smallest absolute Gasteiger partial charge is 0.410 e. The molecule has 2 amide bonds. The van der Waals surface area contributed by atoms with Gasteiger partial charge in [-0.15, -0.1) is 11.8 Å². The van der Waals surface area contributed by atoms with Crippen molar-refractivity contribution in [3.63, 3.8) is 0 Å². The van der Waals surface area contributed by atoms with Gasteiger partial charge in [0.25, 0.3) is 0 Å². The first-order valence-corrected chi connectivity index (χ1v) is 13.4. The lowest BCUT2D eigenvalue weighted by Crippen LogP contribution is -2.57. The summed E-state index contributed by atoms with van der Waals surface area (Å²) in [5.74, 6) is -0.498. The summed E-state index contributed by atoms with van der Waals surface area (Å²) >= 11 is 1.52. The maximum atomic E-state index is 13.3. The molecule has 0 aromatic heterocycles. The maximum absolute atomic E-state index is 13.3. The largest absolute Gasteiger partial charge is 0.444 e. The van der Waals surface area contributed by atoms with E-state index in [2.05, 4.69) is 10.2 Å². The number of nitrogens with zero attached hydrogens (tertiary/aromatic N) is 3. The molecule has 0 bridgehead atoms. The highest BCUT2D eigenvalue weighted by molar-refractivity contribution is 8.03. The second-order valence-corrected chi connectivity index (χ2v) is 11.6. The molecule has 3 aliphatic rings. The Hall–Kier alpha value is -2.59. The Bertz CT molecular complexity index is 1030. The zero-order valence-electron chi connectivity index (χ0n) is 21.3. The second kappa shape index (κ2) is 10.8. The third-order valence-electron chi connectivity index (χ3n) is 6.65. The topological polar surface area (TPSA) is 82.2 Å². The molecule has 2 saturated heterocycles. The van der Waals surface area contributed by atoms with Crippen molar-refractivity contribution in [1.82, 2.24) is 20.0 Å². The van der Waals surface area contributed by atoms with Crippen molar-refractivity contribution in [1.29, 1.82) is 0 Å². The molecule has 10 heteroatoms. The van der Waals surface area contributed by atoms with Crippen molar-refractivity contribution in [2.45, 2.75) is 63.6 Å². The van der Waals surface area contributed by atoms with Gasteiger partial charge in [0, 0.05) is 43.2 Å². The molecule has 8 nitrogen and oxygen atoms in total. The van der Waals surface area contributed by atoms with E-state index < -0.39 is 5.60 Å². The number of hydrogen-bond acceptors (Lipinski definition) is 7. The average Bonchev–Trinajstić information content (AvgIpc) is 3.48. The molecular formula is C26H35FN4O4S. The molecule has 0 saturated carbocycles. The number of allylic oxidation sites excluding steroid dienone is 1. The van der Waals surface area contributed by atoms with E-state index in [4.69, 9.17) is 4.74 Å². The molecule has 196 valence electrons. The van der Waals surface area contributed by atoms with Crippen LogP contribution < -0.4 is 5.32 Å². The lowest BCUT2D eigenvalue weighted by molar-refractivity contribution is -0.133. The van der Waals surface area contributed by atoms with Crippen LogP contribution in [0.5, 0.6) is 0 Å². The number of rotatable bonds is 5. The summed E-state index contributed by atoms with van der Waals surface area (Å²) in [5.41, 5.74) is 0.359. The first-order chi connectivity index (χ1) is 17.0. The Morgan fingerprint density at radius 1 is 1.11 bits per heavy atom. The van der Waals surface area contributed by atoms with Gasteiger partial charge in [-0.1, -0.05) is 0 Å². The minimum Gasteiger partial charge on any atom is -0.444 e. The van der Waals surface area contributed by atoms with E-state index in [9.17, 15) is 18.8 Å². The lowest BCUT2D eigenvalue weighted by atomic mass is 10.1. The lowest BCUT2D eigenvalue weighted by Gasteiger charge is -2.40. The molecule has 3 heterocycles. The fraction of sp³-hybridized carbons (Fsp3) is 0.577. The highest BCUT2D eigenvalue weighted by Gasteiger charge is 2.39. The van der Waals surface area contributed by atoms with Gasteiger partial charge in [0.2, 0.25) is 11.7 Å². The second-order valence-electron chi connectivity index (χ2n) is 10.6. The van der Waals surface area contributed by atoms with Gasteiger partial charge in [-0.2, -0.15) is 0 Å². The summed E-state index contributed by atoms with van der Waals surface area (Å²) in [6, 6.07) is 5.45. The van der Waals surface area contributed by atoms with Crippen LogP contribution in [0.3, 0.4) is 0 Å². The standard InChI is InChI=1S/C26H35FN4O4S/c1-17-14-29(12-13-30(17)25(34)35-26(2,3)4)15-22(32)31-11-5-6-21(31)24-28-20(16-36-24)23(33)18-7-9-19(27)10-8-18/h7-10,16-17,21,24,28H,5-6,11-15H2,1-4H3. The quantitative estimate of drug-likeness (QED) is 0.598. The molecule has 4 rings (SSSR count). The molecule has 1 aromatic carbocycles. The fourth-order valence-corrected chi connectivity index (χ4v) is 6.01. The van der Waals surface area contributed by atoms with Gasteiger partial charge in [0.05, 0.1) is 23.7 Å². The van der Waals surface area contributed by atoms with Crippen molar-refractivity contribution in [2.75, 3.05) is 32.7 Å². The molecule has 0 aliphatic carbocycles. The molecule has 3 atom stereocenters. The first-order valence-electron chi connectivity index (χ1n) is 12.5. The molecule has 36 heavy (non-hydrogen) atoms. The fourth-order valence-electron chi connectivity index (χ4n) is 4.89. The number of benzene rings is 1. The Balaban J connectivity index is 1.30. The monoisotopic (exact) mass is 518 g/mol. The van der Waals surface area contributed by atoms with E-state index in [1.165, 1.54) is 36.0 Å². The number of amides is 2. The Morgan fingerprint density at radius 2 is 1.83 bits per heavy atom. The number of Topliss-reactive ketones (excluding diaryl/α,β-unsaturated/α-hetero) is 1. The number of carbonyl (C=O) groups excluding carboxylic acids is 3. The molecule has 3 aliphatic heterocycles. The number of ether oxygens (including phenoxy) is 1. The average molecular weight is 519 g/mol. The summed E-state index contributed by atoms with van der Waals surface area (Å²) in [5, 5.41) is 5.00. The van der Waals surface area contributed by atoms with Crippen molar-refractivity contribution in [3.05, 3.63) is 46.8 Å². The van der Waals surface area contributed by atoms with Crippen molar-refractivity contribution < 1.29 is 23.5 Å². The van der Waals surface area contributed by atoms with Gasteiger partial charge < -0.3 is 19.9 Å². The Kier molecular flexibility index (Phi) is 7.94. The van der Waals surface area contributed by atoms with Crippen LogP contribution in [0.25, 0.3) is 0 Å². The maximum Gasteiger partial charge on any atom is 0.410 e. The van der Waals surface area contributed by atoms with Gasteiger partial charge in [-0.05, 0) is 64.8 Å². The molecule has 2 fully saturated rings. The highest BCUT2D eigenvalue weighted by Crippen LogP contribution is 2.33. The number of hydrogen-bond donors (Lipinski definition) is 1. The Morgan fingerprint density at radius 3 is 2.50 bits per heavy atom. The predicted octanol–water partition coefficient (Wildman–Crippen LogP) is 3.44. The van der Waals surface area contributed by atoms with Gasteiger partial charge in [0.1, 0.15) is 11.4 Å². The molecule has 3 unspecified atom stereocenters. The molecule has 0 spiro atoms. The SMILES string of the molecule is CC1CN(CC(=O)N2CCCC2C2NC(C(=O)c3ccc(F)cc3)=CS2)CCN1C(=O)OC(C)(C)C. The van der Waals surface area contributed by atoms with E-state index in [0.717, 1.165) is 12.8 Å². The summed E-state index contributed by atoms with van der Waals surface area (Å²) in [6.07, 6.45) is 1.47. The van der Waals surface area contributed by atoms with Gasteiger partial charge in [-0.3, -0.25) is 14.5 Å². The van der Waals surface area contributed by atoms with Gasteiger partial charge in [0.15, 0.2) is 0 Å². The van der Waals surface area contributed by atoms with Crippen LogP contribution in [0.15, 0.2) is 35.4 Å². The van der Waals surface area contributed by atoms with Crippen LogP contribution in [0.4, 0.5) is 9.18 Å². The van der Waals surface area contributed by atoms with E-state index in [-0.39, 0.29) is 41.1 Å². The zero-order valence-corrected chi connectivity index (χ0v) is 22.1. The highest BCUT2D eigenvalue weighted by atomic mass is 32.2. The number of likely N-dealkylation sites (tertiary alicyclic amines) is 1. The molecular weight excluding hydrogens is 483 g/mol. The van der Waals surface area contributed by atoms with Crippen LogP contribution in [0.1, 0.15) is 50.9 Å².